The molecule has 0 fully saturated rings. The van der Waals surface area contributed by atoms with E-state index in [1.165, 1.54) is 4.88 Å². The highest BCUT2D eigenvalue weighted by molar-refractivity contribution is 7.09. The van der Waals surface area contributed by atoms with Crippen molar-refractivity contribution >= 4 is 17.2 Å². The van der Waals surface area contributed by atoms with E-state index in [0.717, 1.165) is 37.7 Å². The van der Waals surface area contributed by atoms with Crippen LogP contribution in [0.2, 0.25) is 0 Å². The van der Waals surface area contributed by atoms with Crippen LogP contribution < -0.4 is 10.2 Å². The summed E-state index contributed by atoms with van der Waals surface area (Å²) in [5.41, 5.74) is 0.990. The number of nitrogens with one attached hydrogen (secondary N) is 1. The largest absolute Gasteiger partial charge is 0.350 e. The Morgan fingerprint density at radius 1 is 1.32 bits per heavy atom. The summed E-state index contributed by atoms with van der Waals surface area (Å²) >= 11 is 1.78. The predicted molar refractivity (Wildman–Crippen MR) is 80.5 cm³/mol. The smallest absolute Gasteiger partial charge is 0.147 e. The summed E-state index contributed by atoms with van der Waals surface area (Å²) in [7, 11) is 0. The van der Waals surface area contributed by atoms with Gasteiger partial charge in [-0.3, -0.25) is 4.98 Å². The summed E-state index contributed by atoms with van der Waals surface area (Å²) in [5, 5.41) is 5.38. The molecule has 2 heterocycles. The highest BCUT2D eigenvalue weighted by atomic mass is 32.1. The molecule has 19 heavy (non-hydrogen) atoms. The van der Waals surface area contributed by atoms with E-state index in [0.29, 0.717) is 0 Å². The van der Waals surface area contributed by atoms with Gasteiger partial charge in [0.05, 0.1) is 18.4 Å². The van der Waals surface area contributed by atoms with Crippen LogP contribution in [0.1, 0.15) is 24.4 Å². The Kier molecular flexibility index (Phi) is 5.30. The number of hydrogen-bond donors (Lipinski definition) is 1. The zero-order chi connectivity index (χ0) is 13.5. The fourth-order valence-electron chi connectivity index (χ4n) is 1.83. The maximum absolute atomic E-state index is 4.67. The van der Waals surface area contributed by atoms with E-state index in [4.69, 9.17) is 0 Å². The van der Waals surface area contributed by atoms with Crippen LogP contribution in [-0.4, -0.2) is 23.1 Å². The number of anilines is 1. The standard InChI is InChI=1S/C14H20N4S/c1-3-15-8-12-9-16-10-14(17-12)18(4-2)11-13-6-5-7-19-13/h5-7,9-10,15H,3-4,8,11H2,1-2H3. The summed E-state index contributed by atoms with van der Waals surface area (Å²) < 4.78 is 0. The number of aromatic nitrogens is 2. The number of hydrogen-bond acceptors (Lipinski definition) is 5. The van der Waals surface area contributed by atoms with Gasteiger partial charge in [0.15, 0.2) is 0 Å². The lowest BCUT2D eigenvalue weighted by atomic mass is 10.4. The highest BCUT2D eigenvalue weighted by Gasteiger charge is 2.08. The Bertz CT molecular complexity index is 484. The molecule has 4 nitrogen and oxygen atoms in total. The summed E-state index contributed by atoms with van der Waals surface area (Å²) in [5.74, 6) is 0.950. The van der Waals surface area contributed by atoms with Gasteiger partial charge >= 0.3 is 0 Å². The average molecular weight is 276 g/mol. The maximum atomic E-state index is 4.67. The molecule has 1 N–H and O–H groups in total. The molecule has 0 aliphatic rings. The van der Waals surface area contributed by atoms with Crippen LogP contribution in [0.3, 0.4) is 0 Å². The second-order valence-electron chi connectivity index (χ2n) is 4.24. The minimum absolute atomic E-state index is 0.772. The van der Waals surface area contributed by atoms with E-state index < -0.39 is 0 Å². The molecular formula is C14H20N4S. The first-order valence-electron chi connectivity index (χ1n) is 6.62. The molecule has 0 spiro atoms. The highest BCUT2D eigenvalue weighted by Crippen LogP contribution is 2.17. The van der Waals surface area contributed by atoms with Gasteiger partial charge in [-0.1, -0.05) is 13.0 Å². The van der Waals surface area contributed by atoms with Crippen molar-refractivity contribution in [2.45, 2.75) is 26.9 Å². The van der Waals surface area contributed by atoms with Crippen molar-refractivity contribution in [3.05, 3.63) is 40.5 Å². The minimum atomic E-state index is 0.772. The van der Waals surface area contributed by atoms with Gasteiger partial charge in [0, 0.05) is 24.2 Å². The third-order valence-electron chi connectivity index (χ3n) is 2.86. The first-order valence-corrected chi connectivity index (χ1v) is 7.50. The SMILES string of the molecule is CCNCc1cncc(N(CC)Cc2cccs2)n1. The molecule has 2 aromatic heterocycles. The molecule has 0 aliphatic carbocycles. The van der Waals surface area contributed by atoms with E-state index >= 15 is 0 Å². The summed E-state index contributed by atoms with van der Waals surface area (Å²) in [6, 6.07) is 4.24. The second kappa shape index (κ2) is 7.21. The first-order chi connectivity index (χ1) is 9.33. The third-order valence-corrected chi connectivity index (χ3v) is 3.72. The van der Waals surface area contributed by atoms with Crippen molar-refractivity contribution in [2.75, 3.05) is 18.0 Å². The average Bonchev–Trinajstić information content (AvgIpc) is 2.96. The van der Waals surface area contributed by atoms with Crippen molar-refractivity contribution in [3.8, 4) is 0 Å². The predicted octanol–water partition coefficient (Wildman–Crippen LogP) is 2.67. The van der Waals surface area contributed by atoms with Crippen molar-refractivity contribution in [1.82, 2.24) is 15.3 Å². The monoisotopic (exact) mass is 276 g/mol. The Morgan fingerprint density at radius 2 is 2.21 bits per heavy atom. The minimum Gasteiger partial charge on any atom is -0.350 e. The number of thiophene rings is 1. The van der Waals surface area contributed by atoms with Gasteiger partial charge in [-0.25, -0.2) is 4.98 Å². The zero-order valence-corrected chi connectivity index (χ0v) is 12.3. The second-order valence-corrected chi connectivity index (χ2v) is 5.27. The van der Waals surface area contributed by atoms with Crippen LogP contribution >= 0.6 is 11.3 Å². The molecule has 5 heteroatoms. The van der Waals surface area contributed by atoms with Gasteiger partial charge < -0.3 is 10.2 Å². The molecule has 0 saturated heterocycles. The molecule has 0 bridgehead atoms. The lowest BCUT2D eigenvalue weighted by Gasteiger charge is -2.21. The Morgan fingerprint density at radius 3 is 2.89 bits per heavy atom. The van der Waals surface area contributed by atoms with Gasteiger partial charge in [0.1, 0.15) is 5.82 Å². The normalized spacial score (nSPS) is 10.6. The van der Waals surface area contributed by atoms with E-state index in [2.05, 4.69) is 51.5 Å². The molecule has 2 aromatic rings. The quantitative estimate of drug-likeness (QED) is 0.844. The summed E-state index contributed by atoms with van der Waals surface area (Å²) in [6.45, 7) is 7.77. The van der Waals surface area contributed by atoms with Crippen LogP contribution in [0.5, 0.6) is 0 Å². The first kappa shape index (κ1) is 14.0. The van der Waals surface area contributed by atoms with Crippen LogP contribution in [-0.2, 0) is 13.1 Å². The Balaban J connectivity index is 2.09. The molecule has 0 unspecified atom stereocenters. The van der Waals surface area contributed by atoms with E-state index in [1.54, 1.807) is 11.3 Å². The molecule has 0 saturated carbocycles. The summed E-state index contributed by atoms with van der Waals surface area (Å²) in [4.78, 5) is 12.6. The molecule has 0 radical (unpaired) electrons. The van der Waals surface area contributed by atoms with Crippen LogP contribution in [0.15, 0.2) is 29.9 Å². The van der Waals surface area contributed by atoms with Gasteiger partial charge in [-0.15, -0.1) is 11.3 Å². The van der Waals surface area contributed by atoms with Crippen LogP contribution in [0.4, 0.5) is 5.82 Å². The van der Waals surface area contributed by atoms with Crippen molar-refractivity contribution in [3.63, 3.8) is 0 Å². The molecule has 102 valence electrons. The van der Waals surface area contributed by atoms with Gasteiger partial charge in [-0.2, -0.15) is 0 Å². The molecular weight excluding hydrogens is 256 g/mol. The van der Waals surface area contributed by atoms with Crippen molar-refractivity contribution in [2.24, 2.45) is 0 Å². The molecule has 2 rings (SSSR count). The molecule has 0 atom stereocenters. The van der Waals surface area contributed by atoms with Gasteiger partial charge in [0.2, 0.25) is 0 Å². The topological polar surface area (TPSA) is 41.1 Å². The zero-order valence-electron chi connectivity index (χ0n) is 11.5. The van der Waals surface area contributed by atoms with Gasteiger partial charge in [-0.05, 0) is 24.9 Å². The lowest BCUT2D eigenvalue weighted by Crippen LogP contribution is -2.23. The third kappa shape index (κ3) is 4.01. The van der Waals surface area contributed by atoms with E-state index in [9.17, 15) is 0 Å². The van der Waals surface area contributed by atoms with E-state index in [-0.39, 0.29) is 0 Å². The lowest BCUT2D eigenvalue weighted by molar-refractivity contribution is 0.702. The van der Waals surface area contributed by atoms with E-state index in [1.807, 2.05) is 12.4 Å². The maximum Gasteiger partial charge on any atom is 0.147 e. The summed E-state index contributed by atoms with van der Waals surface area (Å²) in [6.07, 6.45) is 3.66. The fraction of sp³-hybridized carbons (Fsp3) is 0.429. The number of rotatable bonds is 7. The molecule has 0 aromatic carbocycles. The van der Waals surface area contributed by atoms with Gasteiger partial charge in [0.25, 0.3) is 0 Å². The molecule has 0 amide bonds. The van der Waals surface area contributed by atoms with Crippen LogP contribution in [0, 0.1) is 0 Å². The Labute approximate surface area is 118 Å². The molecule has 0 aliphatic heterocycles. The number of nitrogens with zero attached hydrogens (tertiary/aromatic N) is 3. The van der Waals surface area contributed by atoms with Crippen molar-refractivity contribution < 1.29 is 0 Å². The Hall–Kier alpha value is -1.46. The van der Waals surface area contributed by atoms with Crippen LogP contribution in [0.25, 0.3) is 0 Å². The fourth-order valence-corrected chi connectivity index (χ4v) is 2.55. The van der Waals surface area contributed by atoms with Crippen molar-refractivity contribution in [1.29, 1.82) is 0 Å².